The lowest BCUT2D eigenvalue weighted by molar-refractivity contribution is 0.0769. The number of aromatic nitrogens is 3. The van der Waals surface area contributed by atoms with Gasteiger partial charge in [-0.15, -0.1) is 0 Å². The molecule has 3 heterocycles. The van der Waals surface area contributed by atoms with Crippen LogP contribution in [-0.2, 0) is 0 Å². The van der Waals surface area contributed by atoms with Crippen LogP contribution in [0.25, 0.3) is 0 Å². The highest BCUT2D eigenvalue weighted by Crippen LogP contribution is 2.18. The van der Waals surface area contributed by atoms with Crippen molar-refractivity contribution in [2.24, 2.45) is 0 Å². The molecule has 0 unspecified atom stereocenters. The molecule has 1 saturated heterocycles. The number of hydrogen-bond donors (Lipinski definition) is 0. The number of likely N-dealkylation sites (tertiary alicyclic amines) is 1. The zero-order valence-corrected chi connectivity index (χ0v) is 12.7. The standard InChI is InChI=1S/C16H18N4O2/c1-11-9-12(2)19-16(18-11)22-14-5-8-20(10-14)15(21)13-3-6-17-7-4-13/h3-4,6-7,9,14H,5,8,10H2,1-2H3/t14-/m0/s1. The Morgan fingerprint density at radius 3 is 2.59 bits per heavy atom. The largest absolute Gasteiger partial charge is 0.458 e. The first-order chi connectivity index (χ1) is 10.6. The number of hydrogen-bond acceptors (Lipinski definition) is 5. The number of ether oxygens (including phenoxy) is 1. The summed E-state index contributed by atoms with van der Waals surface area (Å²) in [5.41, 5.74) is 2.41. The molecule has 6 heteroatoms. The Hall–Kier alpha value is -2.50. The second-order valence-corrected chi connectivity index (χ2v) is 5.45. The highest BCUT2D eigenvalue weighted by atomic mass is 16.5. The second-order valence-electron chi connectivity index (χ2n) is 5.45. The van der Waals surface area contributed by atoms with Gasteiger partial charge in [0.15, 0.2) is 0 Å². The van der Waals surface area contributed by atoms with E-state index in [0.29, 0.717) is 24.7 Å². The fourth-order valence-corrected chi connectivity index (χ4v) is 2.58. The van der Waals surface area contributed by atoms with Crippen molar-refractivity contribution in [3.8, 4) is 6.01 Å². The van der Waals surface area contributed by atoms with Crippen LogP contribution in [0.2, 0.25) is 0 Å². The molecule has 0 aromatic carbocycles. The Balaban J connectivity index is 1.64. The van der Waals surface area contributed by atoms with Gasteiger partial charge in [-0.25, -0.2) is 9.97 Å². The summed E-state index contributed by atoms with van der Waals surface area (Å²) in [6.45, 7) is 5.05. The number of rotatable bonds is 3. The molecule has 2 aromatic heterocycles. The van der Waals surface area contributed by atoms with E-state index < -0.39 is 0 Å². The van der Waals surface area contributed by atoms with E-state index in [2.05, 4.69) is 15.0 Å². The number of amides is 1. The molecule has 3 rings (SSSR count). The van der Waals surface area contributed by atoms with Crippen molar-refractivity contribution in [2.45, 2.75) is 26.4 Å². The summed E-state index contributed by atoms with van der Waals surface area (Å²) < 4.78 is 5.82. The number of carbonyl (C=O) groups excluding carboxylic acids is 1. The van der Waals surface area contributed by atoms with E-state index in [1.54, 1.807) is 29.4 Å². The van der Waals surface area contributed by atoms with Crippen molar-refractivity contribution in [2.75, 3.05) is 13.1 Å². The minimum Gasteiger partial charge on any atom is -0.458 e. The number of nitrogens with zero attached hydrogens (tertiary/aromatic N) is 4. The van der Waals surface area contributed by atoms with Crippen LogP contribution in [0.15, 0.2) is 30.6 Å². The molecule has 1 amide bonds. The molecular formula is C16H18N4O2. The number of pyridine rings is 1. The van der Waals surface area contributed by atoms with E-state index in [0.717, 1.165) is 17.8 Å². The average Bonchev–Trinajstić information content (AvgIpc) is 2.95. The Labute approximate surface area is 129 Å². The van der Waals surface area contributed by atoms with Gasteiger partial charge in [0.05, 0.1) is 6.54 Å². The molecule has 2 aromatic rings. The summed E-state index contributed by atoms with van der Waals surface area (Å²) in [4.78, 5) is 26.6. The van der Waals surface area contributed by atoms with Crippen LogP contribution in [0.5, 0.6) is 6.01 Å². The molecule has 0 saturated carbocycles. The SMILES string of the molecule is Cc1cc(C)nc(O[C@H]2CCN(C(=O)c3ccncc3)C2)n1. The summed E-state index contributed by atoms with van der Waals surface area (Å²) in [5.74, 6) is 0.00911. The van der Waals surface area contributed by atoms with Gasteiger partial charge in [0.1, 0.15) is 6.10 Å². The Morgan fingerprint density at radius 2 is 1.91 bits per heavy atom. The zero-order chi connectivity index (χ0) is 15.5. The summed E-state index contributed by atoms with van der Waals surface area (Å²) in [6.07, 6.45) is 3.97. The van der Waals surface area contributed by atoms with Crippen molar-refractivity contribution in [3.05, 3.63) is 47.5 Å². The molecule has 0 N–H and O–H groups in total. The van der Waals surface area contributed by atoms with Crippen molar-refractivity contribution in [1.82, 2.24) is 19.9 Å². The van der Waals surface area contributed by atoms with Gasteiger partial charge in [0, 0.05) is 42.3 Å². The maximum absolute atomic E-state index is 12.4. The lowest BCUT2D eigenvalue weighted by Gasteiger charge is -2.16. The normalized spacial score (nSPS) is 17.5. The Kier molecular flexibility index (Phi) is 4.00. The lowest BCUT2D eigenvalue weighted by atomic mass is 10.2. The second kappa shape index (κ2) is 6.09. The van der Waals surface area contributed by atoms with E-state index in [1.807, 2.05) is 19.9 Å². The highest BCUT2D eigenvalue weighted by molar-refractivity contribution is 5.94. The molecule has 6 nitrogen and oxygen atoms in total. The van der Waals surface area contributed by atoms with Gasteiger partial charge in [0.25, 0.3) is 5.91 Å². The lowest BCUT2D eigenvalue weighted by Crippen LogP contribution is -2.31. The first-order valence-electron chi connectivity index (χ1n) is 7.30. The topological polar surface area (TPSA) is 68.2 Å². The van der Waals surface area contributed by atoms with Crippen molar-refractivity contribution < 1.29 is 9.53 Å². The summed E-state index contributed by atoms with van der Waals surface area (Å²) in [5, 5.41) is 0. The maximum atomic E-state index is 12.4. The molecule has 0 radical (unpaired) electrons. The van der Waals surface area contributed by atoms with Crippen LogP contribution in [-0.4, -0.2) is 45.0 Å². The van der Waals surface area contributed by atoms with Gasteiger partial charge in [-0.2, -0.15) is 0 Å². The van der Waals surface area contributed by atoms with Crippen LogP contribution >= 0.6 is 0 Å². The molecule has 114 valence electrons. The molecule has 1 aliphatic rings. The van der Waals surface area contributed by atoms with Gasteiger partial charge < -0.3 is 9.64 Å². The minimum atomic E-state index is -0.0630. The third-order valence-electron chi connectivity index (χ3n) is 3.59. The van der Waals surface area contributed by atoms with Crippen molar-refractivity contribution in [3.63, 3.8) is 0 Å². The average molecular weight is 298 g/mol. The molecule has 0 aliphatic carbocycles. The molecule has 0 bridgehead atoms. The van der Waals surface area contributed by atoms with Crippen LogP contribution < -0.4 is 4.74 Å². The van der Waals surface area contributed by atoms with E-state index in [-0.39, 0.29) is 12.0 Å². The highest BCUT2D eigenvalue weighted by Gasteiger charge is 2.28. The maximum Gasteiger partial charge on any atom is 0.317 e. The molecular weight excluding hydrogens is 280 g/mol. The quantitative estimate of drug-likeness (QED) is 0.864. The predicted molar refractivity (Wildman–Crippen MR) is 80.7 cm³/mol. The third-order valence-corrected chi connectivity index (χ3v) is 3.59. The number of carbonyl (C=O) groups is 1. The molecule has 1 fully saturated rings. The van der Waals surface area contributed by atoms with Gasteiger partial charge in [0.2, 0.25) is 0 Å². The van der Waals surface area contributed by atoms with Gasteiger partial charge in [-0.1, -0.05) is 0 Å². The van der Waals surface area contributed by atoms with E-state index >= 15 is 0 Å². The van der Waals surface area contributed by atoms with E-state index in [4.69, 9.17) is 4.74 Å². The van der Waals surface area contributed by atoms with Crippen molar-refractivity contribution >= 4 is 5.91 Å². The summed E-state index contributed by atoms with van der Waals surface area (Å²) in [7, 11) is 0. The van der Waals surface area contributed by atoms with E-state index in [9.17, 15) is 4.79 Å². The third kappa shape index (κ3) is 3.21. The molecule has 22 heavy (non-hydrogen) atoms. The van der Waals surface area contributed by atoms with Gasteiger partial charge in [-0.05, 0) is 32.0 Å². The Bertz CT molecular complexity index is 655. The van der Waals surface area contributed by atoms with Gasteiger partial charge >= 0.3 is 6.01 Å². The van der Waals surface area contributed by atoms with Crippen LogP contribution in [0.4, 0.5) is 0 Å². The fraction of sp³-hybridized carbons (Fsp3) is 0.375. The first kappa shape index (κ1) is 14.4. The minimum absolute atomic E-state index is 0.00911. The smallest absolute Gasteiger partial charge is 0.317 e. The monoisotopic (exact) mass is 298 g/mol. The van der Waals surface area contributed by atoms with E-state index in [1.165, 1.54) is 0 Å². The molecule has 1 aliphatic heterocycles. The van der Waals surface area contributed by atoms with Crippen molar-refractivity contribution in [1.29, 1.82) is 0 Å². The van der Waals surface area contributed by atoms with Crippen LogP contribution in [0.3, 0.4) is 0 Å². The summed E-state index contributed by atoms with van der Waals surface area (Å²) >= 11 is 0. The molecule has 1 atom stereocenters. The van der Waals surface area contributed by atoms with Gasteiger partial charge in [-0.3, -0.25) is 9.78 Å². The molecule has 0 spiro atoms. The van der Waals surface area contributed by atoms with Crippen LogP contribution in [0.1, 0.15) is 28.2 Å². The predicted octanol–water partition coefficient (Wildman–Crippen LogP) is 1.78. The Morgan fingerprint density at radius 1 is 1.23 bits per heavy atom. The summed E-state index contributed by atoms with van der Waals surface area (Å²) in [6, 6.07) is 5.74. The van der Waals surface area contributed by atoms with Crippen LogP contribution in [0, 0.1) is 13.8 Å². The fourth-order valence-electron chi connectivity index (χ4n) is 2.58. The first-order valence-corrected chi connectivity index (χ1v) is 7.30. The number of aryl methyl sites for hydroxylation is 2. The zero-order valence-electron chi connectivity index (χ0n) is 12.7.